The Bertz CT molecular complexity index is 399. The van der Waals surface area contributed by atoms with Crippen molar-refractivity contribution in [3.8, 4) is 0 Å². The van der Waals surface area contributed by atoms with E-state index in [2.05, 4.69) is 19.2 Å². The molecule has 2 rings (SSSR count). The van der Waals surface area contributed by atoms with Crippen LogP contribution in [0.2, 0.25) is 5.02 Å². The lowest BCUT2D eigenvalue weighted by Crippen LogP contribution is -2.40. The van der Waals surface area contributed by atoms with Gasteiger partial charge in [-0.25, -0.2) is 4.39 Å². The molecule has 1 nitrogen and oxygen atoms in total. The van der Waals surface area contributed by atoms with E-state index in [0.717, 1.165) is 0 Å². The molecule has 1 aliphatic carbocycles. The Hall–Kier alpha value is -0.600. The van der Waals surface area contributed by atoms with Gasteiger partial charge in [0.05, 0.1) is 0 Å². The Labute approximate surface area is 120 Å². The summed E-state index contributed by atoms with van der Waals surface area (Å²) < 4.78 is 13.7. The van der Waals surface area contributed by atoms with Gasteiger partial charge in [-0.1, -0.05) is 44.4 Å². The zero-order valence-corrected chi connectivity index (χ0v) is 12.5. The molecule has 1 aliphatic rings. The van der Waals surface area contributed by atoms with Gasteiger partial charge in [-0.05, 0) is 36.8 Å². The monoisotopic (exact) mass is 283 g/mol. The summed E-state index contributed by atoms with van der Waals surface area (Å²) in [6.07, 6.45) is 5.06. The van der Waals surface area contributed by atoms with Gasteiger partial charge in [0.15, 0.2) is 0 Å². The first-order chi connectivity index (χ1) is 9.09. The van der Waals surface area contributed by atoms with E-state index in [1.165, 1.54) is 31.7 Å². The second-order valence-corrected chi connectivity index (χ2v) is 6.29. The fraction of sp³-hybridized carbons (Fsp3) is 0.625. The summed E-state index contributed by atoms with van der Waals surface area (Å²) in [4.78, 5) is 0. The van der Waals surface area contributed by atoms with Gasteiger partial charge in [-0.15, -0.1) is 0 Å². The predicted octanol–water partition coefficient (Wildman–Crippen LogP) is 4.78. The average molecular weight is 284 g/mol. The summed E-state index contributed by atoms with van der Waals surface area (Å²) in [6.45, 7) is 5.08. The molecule has 0 amide bonds. The molecule has 1 N–H and O–H groups in total. The minimum absolute atomic E-state index is 0.211. The van der Waals surface area contributed by atoms with Gasteiger partial charge in [-0.2, -0.15) is 0 Å². The van der Waals surface area contributed by atoms with E-state index < -0.39 is 0 Å². The number of rotatable bonds is 4. The lowest BCUT2D eigenvalue weighted by atomic mass is 9.78. The van der Waals surface area contributed by atoms with Crippen LogP contribution in [0.4, 0.5) is 4.39 Å². The third kappa shape index (κ3) is 3.70. The quantitative estimate of drug-likeness (QED) is 0.838. The molecule has 0 aromatic heterocycles. The second-order valence-electron chi connectivity index (χ2n) is 5.88. The van der Waals surface area contributed by atoms with E-state index in [9.17, 15) is 4.39 Å². The van der Waals surface area contributed by atoms with E-state index in [1.54, 1.807) is 12.1 Å². The molecule has 3 heteroatoms. The van der Waals surface area contributed by atoms with Crippen LogP contribution in [0.15, 0.2) is 18.2 Å². The maximum atomic E-state index is 13.7. The first-order valence-corrected chi connectivity index (χ1v) is 7.63. The fourth-order valence-corrected chi connectivity index (χ4v) is 3.38. The smallest absolute Gasteiger partial charge is 0.129 e. The van der Waals surface area contributed by atoms with Crippen LogP contribution in [0, 0.1) is 17.7 Å². The van der Waals surface area contributed by atoms with Gasteiger partial charge in [-0.3, -0.25) is 0 Å². The molecule has 0 aliphatic heterocycles. The first-order valence-electron chi connectivity index (χ1n) is 7.26. The highest BCUT2D eigenvalue weighted by atomic mass is 35.5. The van der Waals surface area contributed by atoms with E-state index in [1.807, 2.05) is 0 Å². The average Bonchev–Trinajstić information content (AvgIpc) is 2.38. The zero-order valence-electron chi connectivity index (χ0n) is 11.8. The summed E-state index contributed by atoms with van der Waals surface area (Å²) in [5.74, 6) is 1.16. The first kappa shape index (κ1) is 14.8. The molecule has 1 saturated carbocycles. The van der Waals surface area contributed by atoms with Gasteiger partial charge in [0.2, 0.25) is 0 Å². The fourth-order valence-electron chi connectivity index (χ4n) is 3.15. The maximum Gasteiger partial charge on any atom is 0.129 e. The lowest BCUT2D eigenvalue weighted by molar-refractivity contribution is 0.204. The molecule has 1 aromatic rings. The highest BCUT2D eigenvalue weighted by Crippen LogP contribution is 2.30. The third-order valence-corrected chi connectivity index (χ3v) is 4.63. The van der Waals surface area contributed by atoms with Crippen molar-refractivity contribution in [2.45, 2.75) is 52.1 Å². The molecule has 0 radical (unpaired) electrons. The molecule has 106 valence electrons. The standard InChI is InChI=1S/C16H23ClFN/c1-11(2)12-6-3-4-9-16(12)19-10-13-14(17)7-5-8-15(13)18/h5,7-8,11-12,16,19H,3-4,6,9-10H2,1-2H3. The molecule has 0 bridgehead atoms. The minimum atomic E-state index is -0.211. The molecule has 1 fully saturated rings. The number of nitrogens with one attached hydrogen (secondary N) is 1. The molecule has 2 atom stereocenters. The number of halogens is 2. The summed E-state index contributed by atoms with van der Waals surface area (Å²) in [7, 11) is 0. The number of hydrogen-bond acceptors (Lipinski definition) is 1. The Morgan fingerprint density at radius 2 is 2.05 bits per heavy atom. The van der Waals surface area contributed by atoms with Crippen LogP contribution in [-0.4, -0.2) is 6.04 Å². The van der Waals surface area contributed by atoms with Crippen molar-refractivity contribution < 1.29 is 4.39 Å². The van der Waals surface area contributed by atoms with E-state index in [-0.39, 0.29) is 5.82 Å². The van der Waals surface area contributed by atoms with Crippen LogP contribution in [0.25, 0.3) is 0 Å². The summed E-state index contributed by atoms with van der Waals surface area (Å²) in [5.41, 5.74) is 0.595. The molecule has 0 heterocycles. The summed E-state index contributed by atoms with van der Waals surface area (Å²) >= 11 is 6.07. The molecule has 0 spiro atoms. The number of hydrogen-bond donors (Lipinski definition) is 1. The highest BCUT2D eigenvalue weighted by Gasteiger charge is 2.27. The van der Waals surface area contributed by atoms with Crippen LogP contribution in [0.3, 0.4) is 0 Å². The Morgan fingerprint density at radius 1 is 1.32 bits per heavy atom. The second kappa shape index (κ2) is 6.71. The Morgan fingerprint density at radius 3 is 2.74 bits per heavy atom. The van der Waals surface area contributed by atoms with Crippen molar-refractivity contribution in [3.63, 3.8) is 0 Å². The van der Waals surface area contributed by atoms with Gasteiger partial charge in [0, 0.05) is 23.2 Å². The maximum absolute atomic E-state index is 13.7. The van der Waals surface area contributed by atoms with E-state index in [4.69, 9.17) is 11.6 Å². The molecule has 19 heavy (non-hydrogen) atoms. The molecule has 2 unspecified atom stereocenters. The van der Waals surface area contributed by atoms with Gasteiger partial charge < -0.3 is 5.32 Å². The Kier molecular flexibility index (Phi) is 5.23. The minimum Gasteiger partial charge on any atom is -0.309 e. The summed E-state index contributed by atoms with van der Waals surface area (Å²) in [6, 6.07) is 5.37. The number of benzene rings is 1. The van der Waals surface area contributed by atoms with E-state index >= 15 is 0 Å². The van der Waals surface area contributed by atoms with Crippen molar-refractivity contribution in [2.75, 3.05) is 0 Å². The SMILES string of the molecule is CC(C)C1CCCCC1NCc1c(F)cccc1Cl. The van der Waals surface area contributed by atoms with Gasteiger partial charge in [0.1, 0.15) is 5.82 Å². The van der Waals surface area contributed by atoms with Crippen molar-refractivity contribution in [3.05, 3.63) is 34.6 Å². The topological polar surface area (TPSA) is 12.0 Å². The van der Waals surface area contributed by atoms with Crippen LogP contribution in [0.1, 0.15) is 45.1 Å². The van der Waals surface area contributed by atoms with Crippen molar-refractivity contribution >= 4 is 11.6 Å². The predicted molar refractivity (Wildman–Crippen MR) is 78.8 cm³/mol. The van der Waals surface area contributed by atoms with Crippen molar-refractivity contribution in [1.82, 2.24) is 5.32 Å². The Balaban J connectivity index is 2.00. The van der Waals surface area contributed by atoms with Gasteiger partial charge >= 0.3 is 0 Å². The molecule has 0 saturated heterocycles. The highest BCUT2D eigenvalue weighted by molar-refractivity contribution is 6.31. The van der Waals surface area contributed by atoms with Crippen molar-refractivity contribution in [2.24, 2.45) is 11.8 Å². The van der Waals surface area contributed by atoms with Crippen molar-refractivity contribution in [1.29, 1.82) is 0 Å². The van der Waals surface area contributed by atoms with E-state index in [0.29, 0.717) is 35.0 Å². The van der Waals surface area contributed by atoms with Crippen LogP contribution >= 0.6 is 11.6 Å². The van der Waals surface area contributed by atoms with Gasteiger partial charge in [0.25, 0.3) is 0 Å². The van der Waals surface area contributed by atoms with Crippen LogP contribution in [0.5, 0.6) is 0 Å². The summed E-state index contributed by atoms with van der Waals surface area (Å²) in [5, 5.41) is 4.04. The normalized spacial score (nSPS) is 23.8. The molecule has 1 aromatic carbocycles. The third-order valence-electron chi connectivity index (χ3n) is 4.28. The van der Waals surface area contributed by atoms with Crippen LogP contribution < -0.4 is 5.32 Å². The lowest BCUT2D eigenvalue weighted by Gasteiger charge is -2.35. The molecular weight excluding hydrogens is 261 g/mol. The zero-order chi connectivity index (χ0) is 13.8. The molecular formula is C16H23ClFN. The largest absolute Gasteiger partial charge is 0.309 e. The van der Waals surface area contributed by atoms with Crippen LogP contribution in [-0.2, 0) is 6.54 Å².